The van der Waals surface area contributed by atoms with Gasteiger partial charge in [-0.1, -0.05) is 0 Å². The molecule has 0 spiro atoms. The Morgan fingerprint density at radius 2 is 2.29 bits per heavy atom. The Labute approximate surface area is 85.6 Å². The molecule has 0 aliphatic carbocycles. The minimum absolute atomic E-state index is 0.138. The van der Waals surface area contributed by atoms with Gasteiger partial charge in [0.2, 0.25) is 5.88 Å². The average molecular weight is 267 g/mol. The molecule has 0 aliphatic heterocycles. The van der Waals surface area contributed by atoms with Gasteiger partial charge in [0.25, 0.3) is 0 Å². The first-order chi connectivity index (χ1) is 6.50. The molecule has 0 aliphatic rings. The molecule has 0 unspecified atom stereocenters. The van der Waals surface area contributed by atoms with Crippen LogP contribution in [0, 0.1) is 0 Å². The molecular weight excluding hydrogens is 264 g/mol. The smallest absolute Gasteiger partial charge is 0.388 e. The topological polar surface area (TPSA) is 62.2 Å². The number of hydrogen-bond acceptors (Lipinski definition) is 4. The van der Waals surface area contributed by atoms with E-state index in [0.717, 1.165) is 12.3 Å². The molecule has 1 aromatic heterocycles. The summed E-state index contributed by atoms with van der Waals surface area (Å²) in [5.74, 6) is -1.97. The molecule has 0 saturated carbocycles. The van der Waals surface area contributed by atoms with Crippen LogP contribution in [0.1, 0.15) is 10.4 Å². The van der Waals surface area contributed by atoms with Gasteiger partial charge in [-0.2, -0.15) is 8.78 Å². The fourth-order valence-corrected chi connectivity index (χ4v) is 1.11. The van der Waals surface area contributed by atoms with Crippen molar-refractivity contribution in [1.29, 1.82) is 0 Å². The molecule has 14 heavy (non-hydrogen) atoms. The molecule has 1 heterocycles. The van der Waals surface area contributed by atoms with Crippen LogP contribution in [0.4, 0.5) is 8.78 Å². The predicted molar refractivity (Wildman–Crippen MR) is 42.9 cm³/mol. The number of carboxylic acid groups (broad SMARTS) is 1. The third-order valence-electron chi connectivity index (χ3n) is 1.26. The minimum atomic E-state index is -3.04. The SMILES string of the molecule is O=C([O-])c1cc(OC(F)F)ncc1Br. The number of rotatable bonds is 3. The predicted octanol–water partition coefficient (Wildman–Crippen LogP) is 0.809. The quantitative estimate of drug-likeness (QED) is 0.812. The molecule has 7 heteroatoms. The fraction of sp³-hybridized carbons (Fsp3) is 0.143. The van der Waals surface area contributed by atoms with Gasteiger partial charge >= 0.3 is 6.61 Å². The number of carbonyl (C=O) groups is 1. The summed E-state index contributed by atoms with van der Waals surface area (Å²) in [6.07, 6.45) is 1.04. The largest absolute Gasteiger partial charge is 0.545 e. The molecule has 4 nitrogen and oxygen atoms in total. The van der Waals surface area contributed by atoms with Crippen LogP contribution in [0.15, 0.2) is 16.7 Å². The van der Waals surface area contributed by atoms with Crippen molar-refractivity contribution in [2.45, 2.75) is 6.61 Å². The molecule has 0 bridgehead atoms. The third-order valence-corrected chi connectivity index (χ3v) is 1.89. The monoisotopic (exact) mass is 266 g/mol. The highest BCUT2D eigenvalue weighted by Gasteiger charge is 2.08. The Hall–Kier alpha value is -1.24. The van der Waals surface area contributed by atoms with Gasteiger partial charge in [0.1, 0.15) is 0 Å². The summed E-state index contributed by atoms with van der Waals surface area (Å²) >= 11 is 2.87. The van der Waals surface area contributed by atoms with E-state index in [2.05, 4.69) is 25.7 Å². The number of pyridine rings is 1. The van der Waals surface area contributed by atoms with Crippen LogP contribution < -0.4 is 9.84 Å². The molecule has 0 radical (unpaired) electrons. The lowest BCUT2D eigenvalue weighted by atomic mass is 10.3. The number of halogens is 3. The highest BCUT2D eigenvalue weighted by Crippen LogP contribution is 2.20. The van der Waals surface area contributed by atoms with Crippen LogP contribution in [0.3, 0.4) is 0 Å². The number of aromatic nitrogens is 1. The summed E-state index contributed by atoms with van der Waals surface area (Å²) < 4.78 is 27.5. The van der Waals surface area contributed by atoms with E-state index in [1.54, 1.807) is 0 Å². The Bertz CT molecular complexity index is 359. The van der Waals surface area contributed by atoms with Gasteiger partial charge in [0.15, 0.2) is 0 Å². The number of aromatic carboxylic acids is 1. The lowest BCUT2D eigenvalue weighted by Gasteiger charge is -2.08. The minimum Gasteiger partial charge on any atom is -0.545 e. The molecule has 0 N–H and O–H groups in total. The van der Waals surface area contributed by atoms with Crippen LogP contribution in [0.25, 0.3) is 0 Å². The van der Waals surface area contributed by atoms with Gasteiger partial charge in [0, 0.05) is 22.3 Å². The van der Waals surface area contributed by atoms with Crippen molar-refractivity contribution in [3.05, 3.63) is 22.3 Å². The van der Waals surface area contributed by atoms with Gasteiger partial charge in [-0.15, -0.1) is 0 Å². The number of carboxylic acids is 1. The van der Waals surface area contributed by atoms with E-state index in [1.165, 1.54) is 0 Å². The van der Waals surface area contributed by atoms with E-state index in [1.807, 2.05) is 0 Å². The van der Waals surface area contributed by atoms with Crippen LogP contribution >= 0.6 is 15.9 Å². The van der Waals surface area contributed by atoms with Crippen molar-refractivity contribution < 1.29 is 23.4 Å². The first-order valence-electron chi connectivity index (χ1n) is 3.32. The summed E-state index contributed by atoms with van der Waals surface area (Å²) in [5.41, 5.74) is -0.296. The second-order valence-electron chi connectivity index (χ2n) is 2.17. The molecular formula is C7H3BrF2NO3-. The van der Waals surface area contributed by atoms with Gasteiger partial charge in [-0.3, -0.25) is 0 Å². The zero-order chi connectivity index (χ0) is 10.7. The van der Waals surface area contributed by atoms with Gasteiger partial charge in [0.05, 0.1) is 5.97 Å². The number of ether oxygens (including phenoxy) is 1. The molecule has 0 amide bonds. The third kappa shape index (κ3) is 2.63. The van der Waals surface area contributed by atoms with E-state index in [-0.39, 0.29) is 10.0 Å². The van der Waals surface area contributed by atoms with E-state index >= 15 is 0 Å². The van der Waals surface area contributed by atoms with Crippen LogP contribution in [-0.4, -0.2) is 17.6 Å². The van der Waals surface area contributed by atoms with Crippen molar-refractivity contribution in [3.8, 4) is 5.88 Å². The van der Waals surface area contributed by atoms with Crippen LogP contribution in [-0.2, 0) is 0 Å². The van der Waals surface area contributed by atoms with Gasteiger partial charge < -0.3 is 14.6 Å². The summed E-state index contributed by atoms with van der Waals surface area (Å²) in [6.45, 7) is -3.04. The lowest BCUT2D eigenvalue weighted by molar-refractivity contribution is -0.255. The zero-order valence-corrected chi connectivity index (χ0v) is 8.12. The second kappa shape index (κ2) is 4.32. The number of carbonyl (C=O) groups excluding carboxylic acids is 1. The lowest BCUT2D eigenvalue weighted by Crippen LogP contribution is -2.23. The van der Waals surface area contributed by atoms with Crippen LogP contribution in [0.2, 0.25) is 0 Å². The number of hydrogen-bond donors (Lipinski definition) is 0. The number of alkyl halides is 2. The normalized spacial score (nSPS) is 10.3. The molecule has 0 fully saturated rings. The molecule has 76 valence electrons. The van der Waals surface area contributed by atoms with Gasteiger partial charge in [-0.25, -0.2) is 4.98 Å². The van der Waals surface area contributed by atoms with Crippen molar-refractivity contribution in [2.75, 3.05) is 0 Å². The first kappa shape index (κ1) is 10.8. The summed E-state index contributed by atoms with van der Waals surface area (Å²) in [6, 6.07) is 0.853. The summed E-state index contributed by atoms with van der Waals surface area (Å²) in [7, 11) is 0. The average Bonchev–Trinajstić information content (AvgIpc) is 2.07. The van der Waals surface area contributed by atoms with Gasteiger partial charge in [-0.05, 0) is 15.9 Å². The van der Waals surface area contributed by atoms with E-state index in [9.17, 15) is 18.7 Å². The summed E-state index contributed by atoms with van der Waals surface area (Å²) in [5, 5.41) is 10.4. The van der Waals surface area contributed by atoms with Crippen molar-refractivity contribution in [1.82, 2.24) is 4.98 Å². The zero-order valence-electron chi connectivity index (χ0n) is 6.54. The van der Waals surface area contributed by atoms with Crippen molar-refractivity contribution in [2.24, 2.45) is 0 Å². The molecule has 0 atom stereocenters. The molecule has 1 rings (SSSR count). The van der Waals surface area contributed by atoms with Crippen molar-refractivity contribution >= 4 is 21.9 Å². The van der Waals surface area contributed by atoms with E-state index in [0.29, 0.717) is 0 Å². The first-order valence-corrected chi connectivity index (χ1v) is 4.11. The Balaban J connectivity index is 3.00. The second-order valence-corrected chi connectivity index (χ2v) is 3.02. The molecule has 0 saturated heterocycles. The van der Waals surface area contributed by atoms with Crippen molar-refractivity contribution in [3.63, 3.8) is 0 Å². The molecule has 1 aromatic rings. The maximum Gasteiger partial charge on any atom is 0.388 e. The maximum absolute atomic E-state index is 11.7. The molecule has 0 aromatic carbocycles. The Kier molecular flexibility index (Phi) is 3.34. The Morgan fingerprint density at radius 3 is 2.79 bits per heavy atom. The fourth-order valence-electron chi connectivity index (χ4n) is 0.732. The highest BCUT2D eigenvalue weighted by atomic mass is 79.9. The maximum atomic E-state index is 11.7. The highest BCUT2D eigenvalue weighted by molar-refractivity contribution is 9.10. The standard InChI is InChI=1S/C7H4BrF2NO3/c8-4-2-11-5(14-7(9)10)1-3(4)6(12)13/h1-2,7H,(H,12,13)/p-1. The Morgan fingerprint density at radius 1 is 1.64 bits per heavy atom. The summed E-state index contributed by atoms with van der Waals surface area (Å²) in [4.78, 5) is 13.9. The van der Waals surface area contributed by atoms with E-state index < -0.39 is 18.5 Å². The van der Waals surface area contributed by atoms with E-state index in [4.69, 9.17) is 0 Å². The van der Waals surface area contributed by atoms with Crippen LogP contribution in [0.5, 0.6) is 5.88 Å². The number of nitrogens with zero attached hydrogens (tertiary/aromatic N) is 1.